The van der Waals surface area contributed by atoms with Gasteiger partial charge in [0.15, 0.2) is 6.61 Å². The minimum Gasteiger partial charge on any atom is -0.484 e. The number of alkyl halides is 6. The van der Waals surface area contributed by atoms with Gasteiger partial charge in [0.25, 0.3) is 0 Å². The topological polar surface area (TPSA) is 38.7 Å². The van der Waals surface area contributed by atoms with Gasteiger partial charge in [-0.2, -0.15) is 26.3 Å². The summed E-state index contributed by atoms with van der Waals surface area (Å²) in [6, 6.07) is 4.01. The monoisotopic (exact) mass is 346 g/mol. The highest BCUT2D eigenvalue weighted by Crippen LogP contribution is 2.25. The number of aliphatic hydroxyl groups excluding tert-OH is 1. The van der Waals surface area contributed by atoms with Crippen molar-refractivity contribution in [2.24, 2.45) is 0 Å². The molecule has 0 saturated carbocycles. The Bertz CT molecular complexity index is 484. The second-order valence-electron chi connectivity index (χ2n) is 4.78. The maximum absolute atomic E-state index is 12.2. The van der Waals surface area contributed by atoms with Gasteiger partial charge in [-0.3, -0.25) is 0 Å². The Morgan fingerprint density at radius 3 is 2.17 bits per heavy atom. The first kappa shape index (κ1) is 19.6. The third kappa shape index (κ3) is 8.65. The van der Waals surface area contributed by atoms with Crippen molar-refractivity contribution in [2.45, 2.75) is 31.8 Å². The molecule has 132 valence electrons. The van der Waals surface area contributed by atoms with E-state index in [4.69, 9.17) is 5.11 Å². The minimum absolute atomic E-state index is 0.0182. The number of ether oxygens (including phenoxy) is 2. The molecule has 0 aliphatic heterocycles. The first-order valence-corrected chi connectivity index (χ1v) is 6.67. The first-order chi connectivity index (χ1) is 10.6. The molecule has 3 nitrogen and oxygen atoms in total. The van der Waals surface area contributed by atoms with Crippen LogP contribution in [-0.4, -0.2) is 37.3 Å². The van der Waals surface area contributed by atoms with E-state index in [0.717, 1.165) is 0 Å². The van der Waals surface area contributed by atoms with Crippen molar-refractivity contribution >= 4 is 0 Å². The number of rotatable bonds is 8. The molecule has 0 aromatic heterocycles. The Morgan fingerprint density at radius 2 is 1.61 bits per heavy atom. The molecule has 0 spiro atoms. The molecule has 0 aliphatic rings. The lowest BCUT2D eigenvalue weighted by atomic mass is 10.1. The van der Waals surface area contributed by atoms with E-state index < -0.39 is 25.6 Å². The molecule has 0 fully saturated rings. The fraction of sp³-hybridized carbons (Fsp3) is 0.571. The summed E-state index contributed by atoms with van der Waals surface area (Å²) >= 11 is 0. The summed E-state index contributed by atoms with van der Waals surface area (Å²) in [6.45, 7) is -3.38. The molecule has 1 rings (SSSR count). The van der Waals surface area contributed by atoms with Crippen molar-refractivity contribution in [1.29, 1.82) is 0 Å². The second kappa shape index (κ2) is 8.39. The van der Waals surface area contributed by atoms with Crippen LogP contribution in [0.1, 0.15) is 17.5 Å². The molecule has 1 aromatic rings. The lowest BCUT2D eigenvalue weighted by molar-refractivity contribution is -0.176. The van der Waals surface area contributed by atoms with Crippen LogP contribution in [0.2, 0.25) is 0 Å². The van der Waals surface area contributed by atoms with Gasteiger partial charge in [-0.05, 0) is 36.1 Å². The second-order valence-corrected chi connectivity index (χ2v) is 4.78. The molecule has 0 aliphatic carbocycles. The van der Waals surface area contributed by atoms with Gasteiger partial charge in [0.2, 0.25) is 0 Å². The summed E-state index contributed by atoms with van der Waals surface area (Å²) in [7, 11) is 0. The lowest BCUT2D eigenvalue weighted by Gasteiger charge is -2.15. The maximum atomic E-state index is 12.2. The van der Waals surface area contributed by atoms with Crippen LogP contribution in [0.4, 0.5) is 26.3 Å². The van der Waals surface area contributed by atoms with E-state index in [-0.39, 0.29) is 31.8 Å². The molecule has 0 heterocycles. The molecule has 1 N–H and O–H groups in total. The Morgan fingerprint density at radius 1 is 0.957 bits per heavy atom. The smallest absolute Gasteiger partial charge is 0.422 e. The zero-order chi connectivity index (χ0) is 17.5. The van der Waals surface area contributed by atoms with Gasteiger partial charge < -0.3 is 14.6 Å². The average molecular weight is 346 g/mol. The normalized spacial score (nSPS) is 12.5. The molecule has 0 saturated heterocycles. The predicted octanol–water partition coefficient (Wildman–Crippen LogP) is 3.63. The Balaban J connectivity index is 2.75. The van der Waals surface area contributed by atoms with Gasteiger partial charge in [0.1, 0.15) is 12.4 Å². The molecule has 0 atom stereocenters. The van der Waals surface area contributed by atoms with E-state index in [1.165, 1.54) is 18.2 Å². The highest BCUT2D eigenvalue weighted by molar-refractivity contribution is 5.37. The number of halogens is 6. The van der Waals surface area contributed by atoms with E-state index in [9.17, 15) is 26.3 Å². The lowest BCUT2D eigenvalue weighted by Crippen LogP contribution is -2.20. The van der Waals surface area contributed by atoms with Gasteiger partial charge in [-0.25, -0.2) is 0 Å². The van der Waals surface area contributed by atoms with Gasteiger partial charge in [-0.15, -0.1) is 0 Å². The molecule has 1 aromatic carbocycles. The third-order valence-electron chi connectivity index (χ3n) is 2.65. The average Bonchev–Trinajstić information content (AvgIpc) is 2.41. The first-order valence-electron chi connectivity index (χ1n) is 6.67. The number of benzene rings is 1. The molecular weight excluding hydrogens is 330 g/mol. The number of aliphatic hydroxyl groups is 1. The van der Waals surface area contributed by atoms with E-state index in [1.807, 2.05) is 0 Å². The molecule has 0 unspecified atom stereocenters. The van der Waals surface area contributed by atoms with Crippen LogP contribution >= 0.6 is 0 Å². The fourth-order valence-corrected chi connectivity index (χ4v) is 1.77. The SMILES string of the molecule is OCCCc1cc(COCC(F)(F)F)ccc1OCC(F)(F)F. The molecule has 23 heavy (non-hydrogen) atoms. The van der Waals surface area contributed by atoms with E-state index in [2.05, 4.69) is 9.47 Å². The van der Waals surface area contributed by atoms with Crippen LogP contribution in [0.25, 0.3) is 0 Å². The van der Waals surface area contributed by atoms with Crippen molar-refractivity contribution in [1.82, 2.24) is 0 Å². The molecule has 0 bridgehead atoms. The van der Waals surface area contributed by atoms with Crippen molar-refractivity contribution in [3.63, 3.8) is 0 Å². The Kier molecular flexibility index (Phi) is 7.14. The van der Waals surface area contributed by atoms with E-state index >= 15 is 0 Å². The zero-order valence-electron chi connectivity index (χ0n) is 12.0. The molecule has 0 amide bonds. The fourth-order valence-electron chi connectivity index (χ4n) is 1.77. The van der Waals surface area contributed by atoms with E-state index in [1.54, 1.807) is 0 Å². The quantitative estimate of drug-likeness (QED) is 0.731. The third-order valence-corrected chi connectivity index (χ3v) is 2.65. The molecule has 9 heteroatoms. The van der Waals surface area contributed by atoms with Gasteiger partial charge in [0, 0.05) is 6.61 Å². The predicted molar refractivity (Wildman–Crippen MR) is 69.1 cm³/mol. The summed E-state index contributed by atoms with van der Waals surface area (Å²) in [5, 5.41) is 8.81. The number of hydrogen-bond donors (Lipinski definition) is 1. The molecular formula is C14H16F6O3. The zero-order valence-corrected chi connectivity index (χ0v) is 12.0. The summed E-state index contributed by atoms with van der Waals surface area (Å²) < 4.78 is 81.8. The largest absolute Gasteiger partial charge is 0.484 e. The Hall–Kier alpha value is -1.48. The van der Waals surface area contributed by atoms with Gasteiger partial charge in [0.05, 0.1) is 6.61 Å². The van der Waals surface area contributed by atoms with Crippen LogP contribution in [-0.2, 0) is 17.8 Å². The van der Waals surface area contributed by atoms with E-state index in [0.29, 0.717) is 11.1 Å². The Labute approximate surface area is 128 Å². The van der Waals surface area contributed by atoms with Crippen molar-refractivity contribution in [3.8, 4) is 5.75 Å². The summed E-state index contributed by atoms with van der Waals surface area (Å²) in [5.74, 6) is -0.0182. The van der Waals surface area contributed by atoms with Crippen molar-refractivity contribution in [2.75, 3.05) is 19.8 Å². The summed E-state index contributed by atoms with van der Waals surface area (Å²) in [4.78, 5) is 0. The molecule has 0 radical (unpaired) electrons. The highest BCUT2D eigenvalue weighted by Gasteiger charge is 2.29. The maximum Gasteiger partial charge on any atom is 0.422 e. The van der Waals surface area contributed by atoms with Crippen LogP contribution in [0.3, 0.4) is 0 Å². The number of aryl methyl sites for hydroxylation is 1. The number of hydrogen-bond acceptors (Lipinski definition) is 3. The standard InChI is InChI=1S/C14H16F6O3/c15-13(16,17)8-22-7-10-3-4-12(23-9-14(18,19)20)11(6-10)2-1-5-21/h3-4,6,21H,1-2,5,7-9H2. The van der Waals surface area contributed by atoms with Crippen LogP contribution in [0.15, 0.2) is 18.2 Å². The van der Waals surface area contributed by atoms with Crippen LogP contribution in [0.5, 0.6) is 5.75 Å². The summed E-state index contributed by atoms with van der Waals surface area (Å²) in [6.07, 6.45) is -8.43. The summed E-state index contributed by atoms with van der Waals surface area (Å²) in [5.41, 5.74) is 0.748. The van der Waals surface area contributed by atoms with Crippen molar-refractivity contribution < 1.29 is 40.9 Å². The van der Waals surface area contributed by atoms with Gasteiger partial charge in [-0.1, -0.05) is 6.07 Å². The van der Waals surface area contributed by atoms with Gasteiger partial charge >= 0.3 is 12.4 Å². The van der Waals surface area contributed by atoms with Crippen LogP contribution < -0.4 is 4.74 Å². The minimum atomic E-state index is -4.50. The highest BCUT2D eigenvalue weighted by atomic mass is 19.4. The van der Waals surface area contributed by atoms with Crippen LogP contribution in [0, 0.1) is 0 Å². The van der Waals surface area contributed by atoms with Crippen molar-refractivity contribution in [3.05, 3.63) is 29.3 Å².